The van der Waals surface area contributed by atoms with E-state index in [4.69, 9.17) is 10.4 Å². The Morgan fingerprint density at radius 2 is 1.50 bits per heavy atom. The third-order valence-electron chi connectivity index (χ3n) is 3.51. The quantitative estimate of drug-likeness (QED) is 0.185. The maximum atomic E-state index is 10.3. The molecule has 0 amide bonds. The number of hydrogen-bond donors (Lipinski definition) is 2. The number of unbranched alkanes of at least 4 members (excludes halogenated alkanes) is 8. The van der Waals surface area contributed by atoms with Gasteiger partial charge in [-0.1, -0.05) is 63.3 Å². The van der Waals surface area contributed by atoms with Crippen molar-refractivity contribution < 1.29 is 20.0 Å². The van der Waals surface area contributed by atoms with Crippen LogP contribution in [0.2, 0.25) is 0 Å². The van der Waals surface area contributed by atoms with Crippen molar-refractivity contribution in [3.63, 3.8) is 0 Å². The van der Waals surface area contributed by atoms with Crippen molar-refractivity contribution in [3.05, 3.63) is 24.3 Å². The number of hydrogen-bond acceptors (Lipinski definition) is 3. The van der Waals surface area contributed by atoms with E-state index in [-0.39, 0.29) is 12.5 Å². The summed E-state index contributed by atoms with van der Waals surface area (Å²) in [4.78, 5) is 14.8. The number of carboxylic acid groups (broad SMARTS) is 1. The molecule has 0 spiro atoms. The molecule has 0 radical (unpaired) electrons. The van der Waals surface area contributed by atoms with Crippen LogP contribution < -0.4 is 0 Å². The lowest BCUT2D eigenvalue weighted by Crippen LogP contribution is -2.02. The Morgan fingerprint density at radius 1 is 0.955 bits per heavy atom. The third-order valence-corrected chi connectivity index (χ3v) is 3.51. The van der Waals surface area contributed by atoms with Gasteiger partial charge in [0.15, 0.2) is 0 Å². The Kier molecular flexibility index (Phi) is 15.4. The van der Waals surface area contributed by atoms with E-state index >= 15 is 0 Å². The molecular weight excluding hydrogens is 280 g/mol. The first-order valence-electron chi connectivity index (χ1n) is 8.56. The first kappa shape index (κ1) is 20.9. The number of carboxylic acids is 1. The Balaban J connectivity index is 3.56. The van der Waals surface area contributed by atoms with Crippen LogP contribution in [-0.4, -0.2) is 22.4 Å². The molecule has 0 saturated carbocycles. The van der Waals surface area contributed by atoms with Crippen LogP contribution in [-0.2, 0) is 9.68 Å². The second-order valence-electron chi connectivity index (χ2n) is 5.62. The van der Waals surface area contributed by atoms with Crippen LogP contribution in [0.15, 0.2) is 24.3 Å². The van der Waals surface area contributed by atoms with Crippen molar-refractivity contribution in [1.82, 2.24) is 0 Å². The minimum atomic E-state index is -0.708. The van der Waals surface area contributed by atoms with E-state index in [1.807, 2.05) is 18.2 Å². The third kappa shape index (κ3) is 15.3. The monoisotopic (exact) mass is 312 g/mol. The zero-order valence-electron chi connectivity index (χ0n) is 13.9. The van der Waals surface area contributed by atoms with Gasteiger partial charge in [0.2, 0.25) is 0 Å². The van der Waals surface area contributed by atoms with E-state index in [1.165, 1.54) is 19.3 Å². The summed E-state index contributed by atoms with van der Waals surface area (Å²) in [5.41, 5.74) is 0. The standard InChI is InChI=1S/C18H32O4/c1-2-3-4-8-11-14-17(22-21)15-12-9-6-5-7-10-13-16-18(19)20/h11-12,14-15,17,21H,2-10,13,16H2,1H3,(H,19,20)/b14-11-,15-12-/t17-/m0/s1. The minimum Gasteiger partial charge on any atom is -0.481 e. The number of aliphatic carboxylic acids is 1. The minimum absolute atomic E-state index is 0.278. The summed E-state index contributed by atoms with van der Waals surface area (Å²) in [5, 5.41) is 17.3. The van der Waals surface area contributed by atoms with Crippen LogP contribution in [0, 0.1) is 0 Å². The fourth-order valence-electron chi connectivity index (χ4n) is 2.18. The molecule has 0 heterocycles. The molecule has 0 aromatic heterocycles. The molecule has 2 N–H and O–H groups in total. The molecule has 0 aliphatic carbocycles. The highest BCUT2D eigenvalue weighted by atomic mass is 17.1. The maximum absolute atomic E-state index is 10.3. The van der Waals surface area contributed by atoms with Gasteiger partial charge in [-0.2, -0.15) is 0 Å². The highest BCUT2D eigenvalue weighted by molar-refractivity contribution is 5.66. The van der Waals surface area contributed by atoms with Gasteiger partial charge in [0.05, 0.1) is 0 Å². The summed E-state index contributed by atoms with van der Waals surface area (Å²) in [6, 6.07) is 0. The topological polar surface area (TPSA) is 66.8 Å². The molecule has 0 unspecified atom stereocenters. The molecule has 0 fully saturated rings. The van der Waals surface area contributed by atoms with Crippen molar-refractivity contribution in [1.29, 1.82) is 0 Å². The Labute approximate surface area is 134 Å². The van der Waals surface area contributed by atoms with Crippen molar-refractivity contribution in [3.8, 4) is 0 Å². The van der Waals surface area contributed by atoms with Gasteiger partial charge in [0.1, 0.15) is 6.10 Å². The van der Waals surface area contributed by atoms with Crippen LogP contribution in [0.3, 0.4) is 0 Å². The van der Waals surface area contributed by atoms with Gasteiger partial charge in [-0.3, -0.25) is 10.1 Å². The van der Waals surface area contributed by atoms with Gasteiger partial charge in [-0.05, 0) is 32.1 Å². The zero-order chi connectivity index (χ0) is 16.5. The van der Waals surface area contributed by atoms with Crippen LogP contribution in [0.4, 0.5) is 0 Å². The van der Waals surface area contributed by atoms with Gasteiger partial charge in [0, 0.05) is 6.42 Å². The molecule has 22 heavy (non-hydrogen) atoms. The highest BCUT2D eigenvalue weighted by Crippen LogP contribution is 2.08. The summed E-state index contributed by atoms with van der Waals surface area (Å²) in [6.07, 6.45) is 18.4. The van der Waals surface area contributed by atoms with Crippen molar-refractivity contribution in [2.75, 3.05) is 0 Å². The Bertz CT molecular complexity index is 310. The number of rotatable bonds is 15. The molecule has 0 rings (SSSR count). The fraction of sp³-hybridized carbons (Fsp3) is 0.722. The molecule has 0 saturated heterocycles. The van der Waals surface area contributed by atoms with Crippen molar-refractivity contribution in [2.45, 2.75) is 83.7 Å². The largest absolute Gasteiger partial charge is 0.481 e. The predicted octanol–water partition coefficient (Wildman–Crippen LogP) is 5.35. The van der Waals surface area contributed by atoms with E-state index < -0.39 is 5.97 Å². The summed E-state index contributed by atoms with van der Waals surface area (Å²) in [5.74, 6) is -0.708. The second kappa shape index (κ2) is 16.2. The lowest BCUT2D eigenvalue weighted by molar-refractivity contribution is -0.254. The SMILES string of the molecule is CCCCC/C=C\[C@@H](/C=C\CCCCCCCC(=O)O)OO. The molecule has 0 aliphatic rings. The second-order valence-corrected chi connectivity index (χ2v) is 5.62. The average Bonchev–Trinajstić information content (AvgIpc) is 2.50. The van der Waals surface area contributed by atoms with E-state index in [9.17, 15) is 4.79 Å². The molecule has 0 aromatic carbocycles. The van der Waals surface area contributed by atoms with Gasteiger partial charge >= 0.3 is 5.97 Å². The van der Waals surface area contributed by atoms with Gasteiger partial charge in [-0.15, -0.1) is 0 Å². The van der Waals surface area contributed by atoms with Crippen molar-refractivity contribution >= 4 is 5.97 Å². The zero-order valence-corrected chi connectivity index (χ0v) is 13.9. The lowest BCUT2D eigenvalue weighted by atomic mass is 10.1. The van der Waals surface area contributed by atoms with E-state index in [2.05, 4.69) is 17.9 Å². The molecular formula is C18H32O4. The molecule has 0 aromatic rings. The van der Waals surface area contributed by atoms with Crippen LogP contribution >= 0.6 is 0 Å². The summed E-state index contributed by atoms with van der Waals surface area (Å²) < 4.78 is 0. The highest BCUT2D eigenvalue weighted by Gasteiger charge is 1.98. The molecule has 4 nitrogen and oxygen atoms in total. The lowest BCUT2D eigenvalue weighted by Gasteiger charge is -2.03. The van der Waals surface area contributed by atoms with Crippen LogP contribution in [0.25, 0.3) is 0 Å². The normalized spacial score (nSPS) is 13.2. The molecule has 0 aliphatic heterocycles. The van der Waals surface area contributed by atoms with E-state index in [0.717, 1.165) is 44.9 Å². The fourth-order valence-corrected chi connectivity index (χ4v) is 2.18. The van der Waals surface area contributed by atoms with Crippen LogP contribution in [0.5, 0.6) is 0 Å². The Hall–Kier alpha value is -1.13. The molecule has 1 atom stereocenters. The van der Waals surface area contributed by atoms with Crippen molar-refractivity contribution in [2.24, 2.45) is 0 Å². The number of carbonyl (C=O) groups is 1. The number of allylic oxidation sites excluding steroid dienone is 2. The van der Waals surface area contributed by atoms with E-state index in [0.29, 0.717) is 0 Å². The summed E-state index contributed by atoms with van der Waals surface area (Å²) >= 11 is 0. The molecule has 0 bridgehead atoms. The maximum Gasteiger partial charge on any atom is 0.303 e. The average molecular weight is 312 g/mol. The summed E-state index contributed by atoms with van der Waals surface area (Å²) in [7, 11) is 0. The first-order valence-corrected chi connectivity index (χ1v) is 8.56. The molecule has 4 heteroatoms. The van der Waals surface area contributed by atoms with E-state index in [1.54, 1.807) is 0 Å². The van der Waals surface area contributed by atoms with Gasteiger partial charge < -0.3 is 5.11 Å². The molecule has 128 valence electrons. The van der Waals surface area contributed by atoms with Gasteiger partial charge in [0.25, 0.3) is 0 Å². The van der Waals surface area contributed by atoms with Gasteiger partial charge in [-0.25, -0.2) is 4.89 Å². The first-order chi connectivity index (χ1) is 10.7. The summed E-state index contributed by atoms with van der Waals surface area (Å²) in [6.45, 7) is 2.18. The van der Waals surface area contributed by atoms with Crippen LogP contribution in [0.1, 0.15) is 77.6 Å². The smallest absolute Gasteiger partial charge is 0.303 e. The Morgan fingerprint density at radius 3 is 2.05 bits per heavy atom. The predicted molar refractivity (Wildman–Crippen MR) is 89.9 cm³/mol.